The summed E-state index contributed by atoms with van der Waals surface area (Å²) in [5.74, 6) is -1.07. The monoisotopic (exact) mass is 312 g/mol. The van der Waals surface area contributed by atoms with E-state index in [1.165, 1.54) is 28.1 Å². The summed E-state index contributed by atoms with van der Waals surface area (Å²) in [7, 11) is 0. The number of rotatable bonds is 5. The Bertz CT molecular complexity index is 597. The second-order valence-electron chi connectivity index (χ2n) is 3.89. The van der Waals surface area contributed by atoms with Gasteiger partial charge in [-0.05, 0) is 6.92 Å². The van der Waals surface area contributed by atoms with Crippen molar-refractivity contribution in [2.45, 2.75) is 19.5 Å². The molecule has 0 aliphatic carbocycles. The number of hydrogen-bond acceptors (Lipinski definition) is 6. The summed E-state index contributed by atoms with van der Waals surface area (Å²) in [6.07, 6.45) is 1.69. The van der Waals surface area contributed by atoms with E-state index in [1.807, 2.05) is 0 Å². The minimum atomic E-state index is -1.07. The zero-order valence-corrected chi connectivity index (χ0v) is 12.1. The molecule has 0 aromatic carbocycles. The molecule has 7 nitrogen and oxygen atoms in total. The first-order valence-corrected chi connectivity index (χ1v) is 7.42. The second kappa shape index (κ2) is 6.44. The van der Waals surface area contributed by atoms with Crippen molar-refractivity contribution in [1.29, 1.82) is 0 Å². The SMILES string of the molecule is CC(NC(=O)NCc1cncs1)c1nc(C(=O)O)cs1. The van der Waals surface area contributed by atoms with Crippen LogP contribution in [0.3, 0.4) is 0 Å². The third-order valence-corrected chi connectivity index (χ3v) is 4.17. The number of carbonyl (C=O) groups is 2. The summed E-state index contributed by atoms with van der Waals surface area (Å²) >= 11 is 2.66. The highest BCUT2D eigenvalue weighted by molar-refractivity contribution is 7.10. The summed E-state index contributed by atoms with van der Waals surface area (Å²) in [6.45, 7) is 2.15. The van der Waals surface area contributed by atoms with Gasteiger partial charge in [-0.3, -0.25) is 4.98 Å². The van der Waals surface area contributed by atoms with E-state index < -0.39 is 5.97 Å². The molecular formula is C11H12N4O3S2. The van der Waals surface area contributed by atoms with Crippen LogP contribution in [0.1, 0.15) is 33.3 Å². The summed E-state index contributed by atoms with van der Waals surface area (Å²) in [6, 6.07) is -0.687. The number of carboxylic acid groups (broad SMARTS) is 1. The number of hydrogen-bond donors (Lipinski definition) is 3. The molecule has 0 fully saturated rings. The number of thiazole rings is 2. The van der Waals surface area contributed by atoms with Gasteiger partial charge >= 0.3 is 12.0 Å². The number of nitrogens with zero attached hydrogens (tertiary/aromatic N) is 2. The first kappa shape index (κ1) is 14.4. The normalized spacial score (nSPS) is 11.8. The Labute approximate surface area is 122 Å². The molecule has 9 heteroatoms. The van der Waals surface area contributed by atoms with Crippen molar-refractivity contribution in [3.63, 3.8) is 0 Å². The van der Waals surface area contributed by atoms with Crippen molar-refractivity contribution in [3.05, 3.63) is 32.7 Å². The summed E-state index contributed by atoms with van der Waals surface area (Å²) < 4.78 is 0. The molecule has 0 bridgehead atoms. The topological polar surface area (TPSA) is 104 Å². The molecule has 0 saturated carbocycles. The minimum Gasteiger partial charge on any atom is -0.476 e. The Kier molecular flexibility index (Phi) is 4.64. The number of carboxylic acids is 1. The molecular weight excluding hydrogens is 300 g/mol. The van der Waals surface area contributed by atoms with Gasteiger partial charge in [-0.25, -0.2) is 14.6 Å². The largest absolute Gasteiger partial charge is 0.476 e. The fraction of sp³-hybridized carbons (Fsp3) is 0.273. The molecule has 1 atom stereocenters. The predicted molar refractivity (Wildman–Crippen MR) is 75.0 cm³/mol. The Balaban J connectivity index is 1.85. The zero-order chi connectivity index (χ0) is 14.5. The molecule has 0 radical (unpaired) electrons. The Morgan fingerprint density at radius 1 is 1.45 bits per heavy atom. The highest BCUT2D eigenvalue weighted by Gasteiger charge is 2.15. The van der Waals surface area contributed by atoms with Crippen LogP contribution >= 0.6 is 22.7 Å². The van der Waals surface area contributed by atoms with Crippen LogP contribution in [-0.2, 0) is 6.54 Å². The number of carbonyl (C=O) groups excluding carboxylic acids is 1. The average Bonchev–Trinajstić information content (AvgIpc) is 3.07. The van der Waals surface area contributed by atoms with Crippen molar-refractivity contribution in [2.75, 3.05) is 0 Å². The first-order chi connectivity index (χ1) is 9.56. The van der Waals surface area contributed by atoms with E-state index >= 15 is 0 Å². The van der Waals surface area contributed by atoms with E-state index in [2.05, 4.69) is 20.6 Å². The van der Waals surface area contributed by atoms with Gasteiger partial charge in [-0.1, -0.05) is 0 Å². The Morgan fingerprint density at radius 3 is 2.85 bits per heavy atom. The van der Waals surface area contributed by atoms with E-state index in [-0.39, 0.29) is 17.8 Å². The molecule has 2 heterocycles. The molecule has 0 saturated heterocycles. The van der Waals surface area contributed by atoms with Crippen LogP contribution in [0.15, 0.2) is 17.1 Å². The molecule has 3 N–H and O–H groups in total. The molecule has 1 unspecified atom stereocenters. The number of nitrogens with one attached hydrogen (secondary N) is 2. The lowest BCUT2D eigenvalue weighted by Gasteiger charge is -2.11. The van der Waals surface area contributed by atoms with Gasteiger partial charge in [0, 0.05) is 16.5 Å². The van der Waals surface area contributed by atoms with Crippen LogP contribution in [0.4, 0.5) is 4.79 Å². The quantitative estimate of drug-likeness (QED) is 0.781. The summed E-state index contributed by atoms with van der Waals surface area (Å²) in [4.78, 5) is 31.2. The Morgan fingerprint density at radius 2 is 2.25 bits per heavy atom. The van der Waals surface area contributed by atoms with Crippen molar-refractivity contribution >= 4 is 34.7 Å². The maximum Gasteiger partial charge on any atom is 0.355 e. The average molecular weight is 312 g/mol. The lowest BCUT2D eigenvalue weighted by molar-refractivity contribution is 0.0691. The highest BCUT2D eigenvalue weighted by Crippen LogP contribution is 2.17. The van der Waals surface area contributed by atoms with Crippen LogP contribution < -0.4 is 10.6 Å². The van der Waals surface area contributed by atoms with Gasteiger partial charge < -0.3 is 15.7 Å². The van der Waals surface area contributed by atoms with Crippen molar-refractivity contribution in [1.82, 2.24) is 20.6 Å². The van der Waals surface area contributed by atoms with Crippen LogP contribution in [0.5, 0.6) is 0 Å². The Hall–Kier alpha value is -2.00. The molecule has 2 aromatic heterocycles. The maximum absolute atomic E-state index is 11.7. The van der Waals surface area contributed by atoms with Crippen molar-refractivity contribution in [2.24, 2.45) is 0 Å². The fourth-order valence-corrected chi connectivity index (χ4v) is 2.73. The van der Waals surface area contributed by atoms with Gasteiger partial charge in [0.05, 0.1) is 18.1 Å². The second-order valence-corrected chi connectivity index (χ2v) is 5.75. The lowest BCUT2D eigenvalue weighted by atomic mass is 10.3. The maximum atomic E-state index is 11.7. The summed E-state index contributed by atoms with van der Waals surface area (Å²) in [5, 5.41) is 16.2. The number of urea groups is 1. The van der Waals surface area contributed by atoms with Gasteiger partial charge in [0.1, 0.15) is 5.01 Å². The molecule has 0 aliphatic heterocycles. The van der Waals surface area contributed by atoms with Crippen LogP contribution in [0.25, 0.3) is 0 Å². The molecule has 0 aliphatic rings. The third-order valence-electron chi connectivity index (χ3n) is 2.37. The van der Waals surface area contributed by atoms with Gasteiger partial charge in [0.25, 0.3) is 0 Å². The first-order valence-electron chi connectivity index (χ1n) is 5.66. The predicted octanol–water partition coefficient (Wildman–Crippen LogP) is 1.86. The van der Waals surface area contributed by atoms with Crippen molar-refractivity contribution < 1.29 is 14.7 Å². The molecule has 2 rings (SSSR count). The van der Waals surface area contributed by atoms with E-state index in [0.717, 1.165) is 4.88 Å². The van der Waals surface area contributed by atoms with Gasteiger partial charge in [-0.15, -0.1) is 22.7 Å². The third kappa shape index (κ3) is 3.75. The molecule has 0 spiro atoms. The van der Waals surface area contributed by atoms with Crippen LogP contribution in [0, 0.1) is 0 Å². The van der Waals surface area contributed by atoms with E-state index in [0.29, 0.717) is 11.6 Å². The number of aromatic nitrogens is 2. The lowest BCUT2D eigenvalue weighted by Crippen LogP contribution is -2.36. The van der Waals surface area contributed by atoms with Crippen LogP contribution in [-0.4, -0.2) is 27.1 Å². The van der Waals surface area contributed by atoms with Crippen LogP contribution in [0.2, 0.25) is 0 Å². The zero-order valence-electron chi connectivity index (χ0n) is 10.5. The summed E-state index contributed by atoms with van der Waals surface area (Å²) in [5.41, 5.74) is 1.68. The fourth-order valence-electron chi connectivity index (χ4n) is 1.39. The minimum absolute atomic E-state index is 0.0104. The molecule has 2 aromatic rings. The van der Waals surface area contributed by atoms with E-state index in [9.17, 15) is 9.59 Å². The number of amides is 2. The van der Waals surface area contributed by atoms with Gasteiger partial charge in [0.15, 0.2) is 5.69 Å². The number of aromatic carboxylic acids is 1. The van der Waals surface area contributed by atoms with E-state index in [1.54, 1.807) is 18.6 Å². The molecule has 2 amide bonds. The molecule has 20 heavy (non-hydrogen) atoms. The smallest absolute Gasteiger partial charge is 0.355 e. The standard InChI is InChI=1S/C11H12N4O3S2/c1-6(9-15-8(4-19-9)10(16)17)14-11(18)13-3-7-2-12-5-20-7/h2,4-6H,3H2,1H3,(H,16,17)(H2,13,14,18). The van der Waals surface area contributed by atoms with Crippen molar-refractivity contribution in [3.8, 4) is 0 Å². The molecule has 106 valence electrons. The van der Waals surface area contributed by atoms with Gasteiger partial charge in [-0.2, -0.15) is 0 Å². The highest BCUT2D eigenvalue weighted by atomic mass is 32.1. The van der Waals surface area contributed by atoms with Gasteiger partial charge in [0.2, 0.25) is 0 Å². The van der Waals surface area contributed by atoms with E-state index in [4.69, 9.17) is 5.11 Å².